The molecule has 3 fully saturated rings. The van der Waals surface area contributed by atoms with Crippen LogP contribution in [0.3, 0.4) is 0 Å². The van der Waals surface area contributed by atoms with Gasteiger partial charge in [-0.05, 0) is 45.4 Å². The lowest BCUT2D eigenvalue weighted by atomic mass is 9.88. The molecule has 0 N–H and O–H groups in total. The molecule has 1 atom stereocenters. The number of piperidine rings is 1. The Kier molecular flexibility index (Phi) is 3.63. The molecule has 2 aromatic rings. The largest absolute Gasteiger partial charge is 0.362 e. The number of nitrogens with zero attached hydrogens (tertiary/aromatic N) is 4. The molecule has 2 aliphatic heterocycles. The van der Waals surface area contributed by atoms with Crippen LogP contribution in [0.4, 0.5) is 0 Å². The molecule has 0 bridgehead atoms. The summed E-state index contributed by atoms with van der Waals surface area (Å²) in [5.74, 6) is 2.46. The van der Waals surface area contributed by atoms with E-state index in [1.165, 1.54) is 0 Å². The van der Waals surface area contributed by atoms with Crippen LogP contribution in [-0.2, 0) is 4.74 Å². The third kappa shape index (κ3) is 2.82. The standard InChI is InChI=1S/C18H22N4O4/c1-11-19-16(26-20-11)14-4-5-18(24-14)6-8-22(9-7-18)17(23)13-10-15(25-21-13)12-2-3-12/h10,12,14H,2-9H2,1H3. The Hall–Kier alpha value is -2.22. The second kappa shape index (κ2) is 5.90. The summed E-state index contributed by atoms with van der Waals surface area (Å²) >= 11 is 0. The van der Waals surface area contributed by atoms with Crippen LogP contribution >= 0.6 is 0 Å². The predicted octanol–water partition coefficient (Wildman–Crippen LogP) is 2.77. The second-order valence-corrected chi connectivity index (χ2v) is 7.69. The number of rotatable bonds is 3. The lowest BCUT2D eigenvalue weighted by Gasteiger charge is -2.38. The maximum absolute atomic E-state index is 12.7. The number of hydrogen-bond donors (Lipinski definition) is 0. The van der Waals surface area contributed by atoms with E-state index >= 15 is 0 Å². The summed E-state index contributed by atoms with van der Waals surface area (Å²) in [5, 5.41) is 7.82. The summed E-state index contributed by atoms with van der Waals surface area (Å²) in [6.45, 7) is 3.14. The summed E-state index contributed by atoms with van der Waals surface area (Å²) in [4.78, 5) is 18.8. The van der Waals surface area contributed by atoms with Gasteiger partial charge in [-0.25, -0.2) is 0 Å². The van der Waals surface area contributed by atoms with Gasteiger partial charge in [0.1, 0.15) is 11.9 Å². The van der Waals surface area contributed by atoms with E-state index in [4.69, 9.17) is 13.8 Å². The van der Waals surface area contributed by atoms with Crippen molar-refractivity contribution in [2.45, 2.75) is 63.1 Å². The van der Waals surface area contributed by atoms with Gasteiger partial charge in [0.2, 0.25) is 0 Å². The molecule has 1 spiro atoms. The second-order valence-electron chi connectivity index (χ2n) is 7.69. The van der Waals surface area contributed by atoms with Crippen molar-refractivity contribution in [3.8, 4) is 0 Å². The average molecular weight is 358 g/mol. The maximum atomic E-state index is 12.7. The zero-order chi connectivity index (χ0) is 17.7. The Morgan fingerprint density at radius 2 is 1.96 bits per heavy atom. The maximum Gasteiger partial charge on any atom is 0.276 e. The van der Waals surface area contributed by atoms with Gasteiger partial charge >= 0.3 is 0 Å². The van der Waals surface area contributed by atoms with Gasteiger partial charge in [0.25, 0.3) is 11.8 Å². The molecule has 1 aliphatic carbocycles. The molecule has 1 saturated carbocycles. The SMILES string of the molecule is Cc1noc(C2CCC3(CCN(C(=O)c4cc(C5CC5)on4)CC3)O2)n1. The van der Waals surface area contributed by atoms with E-state index in [1.807, 2.05) is 11.0 Å². The van der Waals surface area contributed by atoms with E-state index in [1.54, 1.807) is 6.92 Å². The molecule has 138 valence electrons. The van der Waals surface area contributed by atoms with Crippen molar-refractivity contribution in [3.05, 3.63) is 29.2 Å². The number of hydrogen-bond acceptors (Lipinski definition) is 7. The van der Waals surface area contributed by atoms with Crippen LogP contribution in [0.1, 0.15) is 78.5 Å². The molecular weight excluding hydrogens is 336 g/mol. The monoisotopic (exact) mass is 358 g/mol. The van der Waals surface area contributed by atoms with Crippen molar-refractivity contribution in [2.24, 2.45) is 0 Å². The summed E-state index contributed by atoms with van der Waals surface area (Å²) in [6, 6.07) is 1.81. The number of aromatic nitrogens is 3. The molecule has 0 radical (unpaired) electrons. The molecule has 4 heterocycles. The van der Waals surface area contributed by atoms with Crippen molar-refractivity contribution in [3.63, 3.8) is 0 Å². The number of aryl methyl sites for hydroxylation is 1. The zero-order valence-electron chi connectivity index (χ0n) is 14.8. The van der Waals surface area contributed by atoms with Crippen LogP contribution < -0.4 is 0 Å². The van der Waals surface area contributed by atoms with Gasteiger partial charge < -0.3 is 18.7 Å². The molecule has 26 heavy (non-hydrogen) atoms. The first-order valence-corrected chi connectivity index (χ1v) is 9.36. The highest BCUT2D eigenvalue weighted by atomic mass is 16.5. The zero-order valence-corrected chi connectivity index (χ0v) is 14.8. The summed E-state index contributed by atoms with van der Waals surface area (Å²) in [6.07, 6.45) is 5.60. The fraction of sp³-hybridized carbons (Fsp3) is 0.667. The van der Waals surface area contributed by atoms with Gasteiger partial charge in [0.15, 0.2) is 11.5 Å². The smallest absolute Gasteiger partial charge is 0.276 e. The van der Waals surface area contributed by atoms with Gasteiger partial charge in [-0.15, -0.1) is 0 Å². The molecule has 5 rings (SSSR count). The highest BCUT2D eigenvalue weighted by Crippen LogP contribution is 2.45. The summed E-state index contributed by atoms with van der Waals surface area (Å²) in [7, 11) is 0. The van der Waals surface area contributed by atoms with Gasteiger partial charge in [0.05, 0.1) is 5.60 Å². The average Bonchev–Trinajstić information content (AvgIpc) is 3.06. The first kappa shape index (κ1) is 16.0. The van der Waals surface area contributed by atoms with E-state index < -0.39 is 0 Å². The van der Waals surface area contributed by atoms with Crippen molar-refractivity contribution in [1.29, 1.82) is 0 Å². The van der Waals surface area contributed by atoms with Crippen molar-refractivity contribution < 1.29 is 18.6 Å². The van der Waals surface area contributed by atoms with Crippen LogP contribution in [0.2, 0.25) is 0 Å². The normalized spacial score (nSPS) is 25.1. The number of carbonyl (C=O) groups excluding carboxylic acids is 1. The van der Waals surface area contributed by atoms with Crippen LogP contribution in [0.5, 0.6) is 0 Å². The first-order chi connectivity index (χ1) is 12.6. The third-order valence-corrected chi connectivity index (χ3v) is 5.76. The fourth-order valence-corrected chi connectivity index (χ4v) is 4.03. The Balaban J connectivity index is 1.21. The van der Waals surface area contributed by atoms with E-state index in [9.17, 15) is 4.79 Å². The third-order valence-electron chi connectivity index (χ3n) is 5.76. The predicted molar refractivity (Wildman–Crippen MR) is 88.4 cm³/mol. The molecule has 1 unspecified atom stereocenters. The molecule has 2 saturated heterocycles. The number of amides is 1. The molecule has 3 aliphatic rings. The highest BCUT2D eigenvalue weighted by Gasteiger charge is 2.45. The lowest BCUT2D eigenvalue weighted by molar-refractivity contribution is -0.0821. The van der Waals surface area contributed by atoms with Crippen molar-refractivity contribution in [2.75, 3.05) is 13.1 Å². The van der Waals surface area contributed by atoms with Gasteiger partial charge in [-0.1, -0.05) is 10.3 Å². The summed E-state index contributed by atoms with van der Waals surface area (Å²) < 4.78 is 16.9. The number of likely N-dealkylation sites (tertiary alicyclic amines) is 1. The lowest BCUT2D eigenvalue weighted by Crippen LogP contribution is -2.46. The van der Waals surface area contributed by atoms with Crippen LogP contribution in [0.15, 0.2) is 15.1 Å². The van der Waals surface area contributed by atoms with E-state index in [0.29, 0.717) is 36.4 Å². The molecule has 8 heteroatoms. The molecule has 0 aromatic carbocycles. The Morgan fingerprint density at radius 1 is 1.15 bits per heavy atom. The first-order valence-electron chi connectivity index (χ1n) is 9.36. The molecule has 8 nitrogen and oxygen atoms in total. The van der Waals surface area contributed by atoms with Crippen LogP contribution in [-0.4, -0.2) is 44.8 Å². The van der Waals surface area contributed by atoms with Gasteiger partial charge in [-0.2, -0.15) is 4.98 Å². The molecular formula is C18H22N4O4. The fourth-order valence-electron chi connectivity index (χ4n) is 4.03. The van der Waals surface area contributed by atoms with E-state index in [0.717, 1.165) is 44.3 Å². The molecule has 2 aromatic heterocycles. The Labute approximate surface area is 150 Å². The number of carbonyl (C=O) groups is 1. The summed E-state index contributed by atoms with van der Waals surface area (Å²) in [5.41, 5.74) is 0.238. The van der Waals surface area contributed by atoms with Gasteiger partial charge in [-0.3, -0.25) is 4.79 Å². The van der Waals surface area contributed by atoms with Crippen LogP contribution in [0.25, 0.3) is 0 Å². The topological polar surface area (TPSA) is 94.5 Å². The van der Waals surface area contributed by atoms with Gasteiger partial charge in [0, 0.05) is 25.1 Å². The Bertz CT molecular complexity index is 817. The van der Waals surface area contributed by atoms with E-state index in [2.05, 4.69) is 15.3 Å². The van der Waals surface area contributed by atoms with Crippen molar-refractivity contribution in [1.82, 2.24) is 20.2 Å². The quantitative estimate of drug-likeness (QED) is 0.832. The minimum atomic E-state index is -0.188. The minimum absolute atomic E-state index is 0.0439. The Morgan fingerprint density at radius 3 is 2.65 bits per heavy atom. The minimum Gasteiger partial charge on any atom is -0.362 e. The van der Waals surface area contributed by atoms with Crippen LogP contribution in [0, 0.1) is 6.92 Å². The highest BCUT2D eigenvalue weighted by molar-refractivity contribution is 5.92. The van der Waals surface area contributed by atoms with Crippen molar-refractivity contribution >= 4 is 5.91 Å². The molecule has 1 amide bonds. The van der Waals surface area contributed by atoms with E-state index in [-0.39, 0.29) is 17.6 Å². The number of ether oxygens (including phenoxy) is 1.